The van der Waals surface area contributed by atoms with Crippen LogP contribution in [0.25, 0.3) is 0 Å². The topological polar surface area (TPSA) is 84.2 Å². The molecule has 0 aromatic heterocycles. The quantitative estimate of drug-likeness (QED) is 0.549. The summed E-state index contributed by atoms with van der Waals surface area (Å²) in [5.41, 5.74) is 2.98. The van der Waals surface area contributed by atoms with E-state index >= 15 is 0 Å². The van der Waals surface area contributed by atoms with Gasteiger partial charge in [0.25, 0.3) is 0 Å². The number of para-hydroxylation sites is 1. The van der Waals surface area contributed by atoms with Gasteiger partial charge in [0.05, 0.1) is 5.69 Å². The van der Waals surface area contributed by atoms with E-state index in [0.29, 0.717) is 12.2 Å². The molecule has 4 N–H and O–H groups in total. The van der Waals surface area contributed by atoms with Crippen molar-refractivity contribution in [3.05, 3.63) is 24.3 Å². The fraction of sp³-hybridized carbons (Fsp3) is 0.538. The number of hydrogen-bond acceptors (Lipinski definition) is 4. The highest BCUT2D eigenvalue weighted by molar-refractivity contribution is 7.89. The van der Waals surface area contributed by atoms with E-state index in [9.17, 15) is 8.42 Å². The van der Waals surface area contributed by atoms with Crippen molar-refractivity contribution in [2.24, 2.45) is 11.3 Å². The summed E-state index contributed by atoms with van der Waals surface area (Å²) in [6.45, 7) is 2.62. The van der Waals surface area contributed by atoms with Crippen LogP contribution in [-0.2, 0) is 10.0 Å². The van der Waals surface area contributed by atoms with E-state index in [0.717, 1.165) is 19.3 Å². The Kier molecular flexibility index (Phi) is 4.13. The minimum absolute atomic E-state index is 0.151. The maximum Gasteiger partial charge on any atom is 0.242 e. The zero-order valence-electron chi connectivity index (χ0n) is 11.1. The van der Waals surface area contributed by atoms with E-state index in [4.69, 9.17) is 5.84 Å². The molecule has 2 rings (SSSR count). The van der Waals surface area contributed by atoms with Gasteiger partial charge in [-0.2, -0.15) is 0 Å². The van der Waals surface area contributed by atoms with E-state index in [2.05, 4.69) is 17.1 Å². The van der Waals surface area contributed by atoms with Crippen molar-refractivity contribution in [3.63, 3.8) is 0 Å². The van der Waals surface area contributed by atoms with E-state index < -0.39 is 10.0 Å². The summed E-state index contributed by atoms with van der Waals surface area (Å²) in [5, 5.41) is 0. The van der Waals surface area contributed by atoms with Crippen LogP contribution in [0, 0.1) is 5.41 Å². The molecule has 19 heavy (non-hydrogen) atoms. The number of anilines is 1. The maximum atomic E-state index is 12.3. The summed E-state index contributed by atoms with van der Waals surface area (Å²) in [7, 11) is -3.52. The Labute approximate surface area is 114 Å². The first-order valence-corrected chi connectivity index (χ1v) is 8.07. The molecule has 6 heteroatoms. The standard InChI is InChI=1S/C13H21N3O2S/c1-2-13(8-5-9-13)10-15-19(17,18)12-7-4-3-6-11(12)16-14/h3-4,6-7,15-16H,2,5,8-10,14H2,1H3. The Morgan fingerprint density at radius 1 is 1.32 bits per heavy atom. The molecule has 1 aliphatic rings. The van der Waals surface area contributed by atoms with Crippen molar-refractivity contribution < 1.29 is 8.42 Å². The molecule has 1 aliphatic carbocycles. The second-order valence-corrected chi connectivity index (χ2v) is 6.91. The normalized spacial score (nSPS) is 17.8. The van der Waals surface area contributed by atoms with Crippen molar-refractivity contribution in [2.75, 3.05) is 12.0 Å². The van der Waals surface area contributed by atoms with Crippen LogP contribution < -0.4 is 16.0 Å². The van der Waals surface area contributed by atoms with E-state index in [1.165, 1.54) is 6.42 Å². The van der Waals surface area contributed by atoms with Gasteiger partial charge in [-0.05, 0) is 36.8 Å². The minimum atomic E-state index is -3.52. The maximum absolute atomic E-state index is 12.3. The second kappa shape index (κ2) is 5.48. The van der Waals surface area contributed by atoms with Gasteiger partial charge in [-0.15, -0.1) is 0 Å². The smallest absolute Gasteiger partial charge is 0.242 e. The van der Waals surface area contributed by atoms with Crippen molar-refractivity contribution in [2.45, 2.75) is 37.5 Å². The molecule has 1 fully saturated rings. The molecule has 0 atom stereocenters. The van der Waals surface area contributed by atoms with Crippen molar-refractivity contribution >= 4 is 15.7 Å². The van der Waals surface area contributed by atoms with Crippen LogP contribution >= 0.6 is 0 Å². The molecule has 0 unspecified atom stereocenters. The first-order chi connectivity index (χ1) is 9.03. The SMILES string of the molecule is CCC1(CNS(=O)(=O)c2ccccc2NN)CCC1. The lowest BCUT2D eigenvalue weighted by Crippen LogP contribution is -2.41. The van der Waals surface area contributed by atoms with Gasteiger partial charge in [-0.1, -0.05) is 25.5 Å². The molecule has 0 spiro atoms. The van der Waals surface area contributed by atoms with Crippen molar-refractivity contribution in [1.82, 2.24) is 4.72 Å². The Balaban J connectivity index is 2.14. The molecule has 1 aromatic rings. The Bertz CT molecular complexity index is 533. The summed E-state index contributed by atoms with van der Waals surface area (Å²) >= 11 is 0. The molecule has 0 amide bonds. The minimum Gasteiger partial charge on any atom is -0.323 e. The fourth-order valence-corrected chi connectivity index (χ4v) is 3.80. The lowest BCUT2D eigenvalue weighted by Gasteiger charge is -2.41. The van der Waals surface area contributed by atoms with Gasteiger partial charge in [0, 0.05) is 6.54 Å². The Hall–Kier alpha value is -1.11. The number of rotatable bonds is 6. The number of hydrazine groups is 1. The summed E-state index contributed by atoms with van der Waals surface area (Å²) in [6, 6.07) is 6.63. The van der Waals surface area contributed by atoms with Crippen LogP contribution in [0.5, 0.6) is 0 Å². The van der Waals surface area contributed by atoms with Crippen LogP contribution in [0.15, 0.2) is 29.2 Å². The van der Waals surface area contributed by atoms with Gasteiger partial charge < -0.3 is 5.43 Å². The van der Waals surface area contributed by atoms with Crippen molar-refractivity contribution in [3.8, 4) is 0 Å². The molecule has 0 radical (unpaired) electrons. The molecular formula is C13H21N3O2S. The third-order valence-corrected chi connectivity index (χ3v) is 5.59. The molecule has 1 aromatic carbocycles. The highest BCUT2D eigenvalue weighted by atomic mass is 32.2. The molecule has 5 nitrogen and oxygen atoms in total. The zero-order chi connectivity index (χ0) is 13.9. The molecule has 0 bridgehead atoms. The third-order valence-electron chi connectivity index (χ3n) is 4.13. The average Bonchev–Trinajstić information content (AvgIpc) is 2.38. The van der Waals surface area contributed by atoms with Gasteiger partial charge in [0.2, 0.25) is 10.0 Å². The number of nitrogens with one attached hydrogen (secondary N) is 2. The second-order valence-electron chi connectivity index (χ2n) is 5.17. The van der Waals surface area contributed by atoms with Crippen LogP contribution in [0.3, 0.4) is 0 Å². The zero-order valence-corrected chi connectivity index (χ0v) is 12.0. The highest BCUT2D eigenvalue weighted by Crippen LogP contribution is 2.43. The largest absolute Gasteiger partial charge is 0.323 e. The first kappa shape index (κ1) is 14.3. The summed E-state index contributed by atoms with van der Waals surface area (Å²) in [4.78, 5) is 0.197. The first-order valence-electron chi connectivity index (χ1n) is 6.58. The van der Waals surface area contributed by atoms with E-state index in [1.807, 2.05) is 0 Å². The third kappa shape index (κ3) is 2.91. The van der Waals surface area contributed by atoms with E-state index in [-0.39, 0.29) is 10.3 Å². The fourth-order valence-electron chi connectivity index (χ4n) is 2.48. The summed E-state index contributed by atoms with van der Waals surface area (Å²) < 4.78 is 27.3. The lowest BCUT2D eigenvalue weighted by molar-refractivity contribution is 0.133. The Morgan fingerprint density at radius 2 is 2.00 bits per heavy atom. The molecule has 0 aliphatic heterocycles. The molecule has 106 valence electrons. The number of hydrogen-bond donors (Lipinski definition) is 3. The van der Waals surface area contributed by atoms with Crippen LogP contribution in [0.4, 0.5) is 5.69 Å². The van der Waals surface area contributed by atoms with Crippen molar-refractivity contribution in [1.29, 1.82) is 0 Å². The molecule has 1 saturated carbocycles. The predicted molar refractivity (Wildman–Crippen MR) is 76.0 cm³/mol. The number of nitrogen functional groups attached to an aromatic ring is 1. The van der Waals surface area contributed by atoms with Crippen LogP contribution in [0.2, 0.25) is 0 Å². The predicted octanol–water partition coefficient (Wildman–Crippen LogP) is 1.83. The van der Waals surface area contributed by atoms with E-state index in [1.54, 1.807) is 24.3 Å². The molecule has 0 saturated heterocycles. The summed E-state index contributed by atoms with van der Waals surface area (Å²) in [5.74, 6) is 5.35. The molecular weight excluding hydrogens is 262 g/mol. The van der Waals surface area contributed by atoms with Gasteiger partial charge in [-0.3, -0.25) is 5.84 Å². The van der Waals surface area contributed by atoms with Gasteiger partial charge in [0.1, 0.15) is 4.90 Å². The number of benzene rings is 1. The van der Waals surface area contributed by atoms with Gasteiger partial charge >= 0.3 is 0 Å². The van der Waals surface area contributed by atoms with Gasteiger partial charge in [0.15, 0.2) is 0 Å². The summed E-state index contributed by atoms with van der Waals surface area (Å²) in [6.07, 6.45) is 4.40. The number of nitrogens with two attached hydrogens (primary N) is 1. The van der Waals surface area contributed by atoms with Gasteiger partial charge in [-0.25, -0.2) is 13.1 Å². The highest BCUT2D eigenvalue weighted by Gasteiger charge is 2.36. The van der Waals surface area contributed by atoms with Crippen LogP contribution in [0.1, 0.15) is 32.6 Å². The monoisotopic (exact) mass is 283 g/mol. The number of sulfonamides is 1. The van der Waals surface area contributed by atoms with Crippen LogP contribution in [-0.4, -0.2) is 15.0 Å². The average molecular weight is 283 g/mol. The Morgan fingerprint density at radius 3 is 2.53 bits per heavy atom. The molecule has 0 heterocycles. The lowest BCUT2D eigenvalue weighted by atomic mass is 9.67.